The second-order valence-electron chi connectivity index (χ2n) is 5.14. The Bertz CT molecular complexity index is 477. The monoisotopic (exact) mass is 273 g/mol. The van der Waals surface area contributed by atoms with E-state index in [4.69, 9.17) is 4.74 Å². The van der Waals surface area contributed by atoms with Crippen LogP contribution in [0, 0.1) is 0 Å². The average molecular weight is 273 g/mol. The smallest absolute Gasteiger partial charge is 0.119 e. The van der Waals surface area contributed by atoms with Gasteiger partial charge < -0.3 is 14.6 Å². The van der Waals surface area contributed by atoms with Crippen LogP contribution in [-0.4, -0.2) is 22.2 Å². The SMILES string of the molecule is CC(C)Oc1ccc(CNCCCn2ccnc2)cc1. The lowest BCUT2D eigenvalue weighted by atomic mass is 10.2. The number of imidazole rings is 1. The second kappa shape index (κ2) is 7.70. The van der Waals surface area contributed by atoms with Crippen molar-refractivity contribution in [3.63, 3.8) is 0 Å². The van der Waals surface area contributed by atoms with Crippen LogP contribution >= 0.6 is 0 Å². The van der Waals surface area contributed by atoms with Crippen LogP contribution < -0.4 is 10.1 Å². The fourth-order valence-corrected chi connectivity index (χ4v) is 2.00. The Morgan fingerprint density at radius 2 is 2.05 bits per heavy atom. The Morgan fingerprint density at radius 3 is 2.70 bits per heavy atom. The molecule has 4 heteroatoms. The zero-order valence-electron chi connectivity index (χ0n) is 12.2. The van der Waals surface area contributed by atoms with Gasteiger partial charge in [0.15, 0.2) is 0 Å². The third-order valence-electron chi connectivity index (χ3n) is 2.95. The summed E-state index contributed by atoms with van der Waals surface area (Å²) in [6, 6.07) is 8.28. The molecule has 1 heterocycles. The quantitative estimate of drug-likeness (QED) is 0.752. The van der Waals surface area contributed by atoms with Gasteiger partial charge in [-0.2, -0.15) is 0 Å². The Hall–Kier alpha value is -1.81. The van der Waals surface area contributed by atoms with Gasteiger partial charge in [0.05, 0.1) is 12.4 Å². The van der Waals surface area contributed by atoms with E-state index in [-0.39, 0.29) is 6.10 Å². The Labute approximate surface area is 120 Å². The van der Waals surface area contributed by atoms with Crippen molar-refractivity contribution in [3.8, 4) is 5.75 Å². The van der Waals surface area contributed by atoms with Gasteiger partial charge in [-0.15, -0.1) is 0 Å². The number of rotatable bonds is 8. The molecule has 0 aliphatic heterocycles. The number of ether oxygens (including phenoxy) is 1. The maximum Gasteiger partial charge on any atom is 0.119 e. The number of aryl methyl sites for hydroxylation is 1. The number of aromatic nitrogens is 2. The van der Waals surface area contributed by atoms with E-state index in [0.29, 0.717) is 0 Å². The zero-order valence-corrected chi connectivity index (χ0v) is 12.2. The van der Waals surface area contributed by atoms with Gasteiger partial charge in [-0.25, -0.2) is 4.98 Å². The fourth-order valence-electron chi connectivity index (χ4n) is 2.00. The van der Waals surface area contributed by atoms with Crippen LogP contribution in [0.25, 0.3) is 0 Å². The van der Waals surface area contributed by atoms with E-state index in [1.807, 2.05) is 44.7 Å². The molecule has 1 aromatic heterocycles. The van der Waals surface area contributed by atoms with E-state index in [1.165, 1.54) is 5.56 Å². The van der Waals surface area contributed by atoms with E-state index in [2.05, 4.69) is 27.0 Å². The summed E-state index contributed by atoms with van der Waals surface area (Å²) in [5, 5.41) is 3.45. The highest BCUT2D eigenvalue weighted by Gasteiger charge is 1.98. The molecule has 4 nitrogen and oxygen atoms in total. The van der Waals surface area contributed by atoms with Crippen LogP contribution in [0.4, 0.5) is 0 Å². The second-order valence-corrected chi connectivity index (χ2v) is 5.14. The molecule has 20 heavy (non-hydrogen) atoms. The molecule has 0 amide bonds. The van der Waals surface area contributed by atoms with Crippen LogP contribution in [0.15, 0.2) is 43.0 Å². The minimum absolute atomic E-state index is 0.224. The molecule has 0 fully saturated rings. The number of hydrogen-bond donors (Lipinski definition) is 1. The van der Waals surface area contributed by atoms with E-state index < -0.39 is 0 Å². The van der Waals surface area contributed by atoms with Crippen LogP contribution in [-0.2, 0) is 13.1 Å². The minimum atomic E-state index is 0.224. The fraction of sp³-hybridized carbons (Fsp3) is 0.438. The van der Waals surface area contributed by atoms with Gasteiger partial charge in [-0.05, 0) is 44.5 Å². The molecule has 2 rings (SSSR count). The highest BCUT2D eigenvalue weighted by Crippen LogP contribution is 2.13. The predicted molar refractivity (Wildman–Crippen MR) is 80.8 cm³/mol. The van der Waals surface area contributed by atoms with Gasteiger partial charge >= 0.3 is 0 Å². The highest BCUT2D eigenvalue weighted by atomic mass is 16.5. The van der Waals surface area contributed by atoms with Crippen LogP contribution in [0.3, 0.4) is 0 Å². The first-order chi connectivity index (χ1) is 9.74. The topological polar surface area (TPSA) is 39.1 Å². The van der Waals surface area contributed by atoms with Gasteiger partial charge in [0, 0.05) is 25.5 Å². The van der Waals surface area contributed by atoms with Crippen molar-refractivity contribution in [1.29, 1.82) is 0 Å². The molecule has 2 aromatic rings. The van der Waals surface area contributed by atoms with Crippen LogP contribution in [0.1, 0.15) is 25.8 Å². The minimum Gasteiger partial charge on any atom is -0.491 e. The first kappa shape index (κ1) is 14.6. The molecule has 0 atom stereocenters. The first-order valence-corrected chi connectivity index (χ1v) is 7.16. The van der Waals surface area contributed by atoms with Crippen molar-refractivity contribution >= 4 is 0 Å². The van der Waals surface area contributed by atoms with E-state index in [9.17, 15) is 0 Å². The molecule has 1 N–H and O–H groups in total. The van der Waals surface area contributed by atoms with Gasteiger partial charge in [-0.3, -0.25) is 0 Å². The summed E-state index contributed by atoms with van der Waals surface area (Å²) in [6.45, 7) is 6.98. The lowest BCUT2D eigenvalue weighted by Crippen LogP contribution is -2.16. The number of benzene rings is 1. The molecule has 0 radical (unpaired) electrons. The number of nitrogens with zero attached hydrogens (tertiary/aromatic N) is 2. The van der Waals surface area contributed by atoms with Crippen LogP contribution in [0.2, 0.25) is 0 Å². The molecular weight excluding hydrogens is 250 g/mol. The van der Waals surface area contributed by atoms with Crippen molar-refractivity contribution in [1.82, 2.24) is 14.9 Å². The number of hydrogen-bond acceptors (Lipinski definition) is 3. The standard InChI is InChI=1S/C16H23N3O/c1-14(2)20-16-6-4-15(5-7-16)12-17-8-3-10-19-11-9-18-13-19/h4-7,9,11,13-14,17H,3,8,10,12H2,1-2H3. The highest BCUT2D eigenvalue weighted by molar-refractivity contribution is 5.27. The van der Waals surface area contributed by atoms with Crippen LogP contribution in [0.5, 0.6) is 5.75 Å². The Morgan fingerprint density at radius 1 is 1.25 bits per heavy atom. The third kappa shape index (κ3) is 5.05. The van der Waals surface area contributed by atoms with Crippen molar-refractivity contribution in [2.45, 2.75) is 39.5 Å². The lowest BCUT2D eigenvalue weighted by Gasteiger charge is -2.10. The summed E-state index contributed by atoms with van der Waals surface area (Å²) < 4.78 is 7.72. The molecule has 0 unspecified atom stereocenters. The third-order valence-corrected chi connectivity index (χ3v) is 2.95. The van der Waals surface area contributed by atoms with Crippen molar-refractivity contribution < 1.29 is 4.74 Å². The molecular formula is C16H23N3O. The van der Waals surface area contributed by atoms with E-state index in [1.54, 1.807) is 0 Å². The normalized spacial score (nSPS) is 10.9. The van der Waals surface area contributed by atoms with E-state index >= 15 is 0 Å². The Balaban J connectivity index is 1.64. The average Bonchev–Trinajstić information content (AvgIpc) is 2.93. The van der Waals surface area contributed by atoms with Gasteiger partial charge in [-0.1, -0.05) is 12.1 Å². The summed E-state index contributed by atoms with van der Waals surface area (Å²) in [4.78, 5) is 4.03. The largest absolute Gasteiger partial charge is 0.491 e. The maximum absolute atomic E-state index is 5.62. The Kier molecular flexibility index (Phi) is 5.62. The first-order valence-electron chi connectivity index (χ1n) is 7.16. The summed E-state index contributed by atoms with van der Waals surface area (Å²) in [5.74, 6) is 0.934. The van der Waals surface area contributed by atoms with Gasteiger partial charge in [0.2, 0.25) is 0 Å². The lowest BCUT2D eigenvalue weighted by molar-refractivity contribution is 0.242. The molecule has 0 aliphatic carbocycles. The zero-order chi connectivity index (χ0) is 14.2. The van der Waals surface area contributed by atoms with Gasteiger partial charge in [0.1, 0.15) is 5.75 Å². The number of nitrogens with one attached hydrogen (secondary N) is 1. The van der Waals surface area contributed by atoms with Crippen molar-refractivity contribution in [3.05, 3.63) is 48.5 Å². The summed E-state index contributed by atoms with van der Waals surface area (Å²) in [6.07, 6.45) is 6.99. The predicted octanol–water partition coefficient (Wildman–Crippen LogP) is 2.85. The molecule has 0 bridgehead atoms. The van der Waals surface area contributed by atoms with Crippen molar-refractivity contribution in [2.24, 2.45) is 0 Å². The van der Waals surface area contributed by atoms with E-state index in [0.717, 1.165) is 31.8 Å². The molecule has 0 spiro atoms. The summed E-state index contributed by atoms with van der Waals surface area (Å²) in [5.41, 5.74) is 1.28. The summed E-state index contributed by atoms with van der Waals surface area (Å²) in [7, 11) is 0. The molecule has 0 aliphatic rings. The molecule has 108 valence electrons. The molecule has 0 saturated heterocycles. The summed E-state index contributed by atoms with van der Waals surface area (Å²) >= 11 is 0. The van der Waals surface area contributed by atoms with Gasteiger partial charge in [0.25, 0.3) is 0 Å². The van der Waals surface area contributed by atoms with Crippen molar-refractivity contribution in [2.75, 3.05) is 6.54 Å². The molecule has 0 saturated carbocycles. The maximum atomic E-state index is 5.62. The molecule has 1 aromatic carbocycles.